The van der Waals surface area contributed by atoms with Crippen LogP contribution in [0.5, 0.6) is 0 Å². The average Bonchev–Trinajstić information content (AvgIpc) is 2.58. The first-order valence-electron chi connectivity index (χ1n) is 7.46. The first-order chi connectivity index (χ1) is 10.8. The summed E-state index contributed by atoms with van der Waals surface area (Å²) in [6.07, 6.45) is 2.87. The van der Waals surface area contributed by atoms with Gasteiger partial charge in [-0.05, 0) is 40.0 Å². The monoisotopic (exact) mass is 284 g/mol. The van der Waals surface area contributed by atoms with Crippen LogP contribution in [0.2, 0.25) is 0 Å². The van der Waals surface area contributed by atoms with Crippen LogP contribution in [-0.4, -0.2) is 11.6 Å². The smallest absolute Gasteiger partial charge is 0.183 e. The van der Waals surface area contributed by atoms with Gasteiger partial charge in [-0.3, -0.25) is 9.59 Å². The number of rotatable bonds is 0. The van der Waals surface area contributed by atoms with Gasteiger partial charge in [-0.2, -0.15) is 0 Å². The Morgan fingerprint density at radius 2 is 1.27 bits per heavy atom. The zero-order valence-electron chi connectivity index (χ0n) is 11.7. The van der Waals surface area contributed by atoms with Crippen LogP contribution in [0.25, 0.3) is 5.57 Å². The van der Waals surface area contributed by atoms with Crippen molar-refractivity contribution < 1.29 is 9.59 Å². The van der Waals surface area contributed by atoms with Gasteiger partial charge in [-0.15, -0.1) is 0 Å². The van der Waals surface area contributed by atoms with Gasteiger partial charge in [0.15, 0.2) is 11.6 Å². The van der Waals surface area contributed by atoms with Crippen LogP contribution in [0.15, 0.2) is 66.3 Å². The number of allylic oxidation sites excluding steroid dienone is 3. The first-order valence-corrected chi connectivity index (χ1v) is 7.46. The molecule has 0 spiro atoms. The van der Waals surface area contributed by atoms with Crippen molar-refractivity contribution in [2.75, 3.05) is 0 Å². The lowest BCUT2D eigenvalue weighted by Gasteiger charge is -2.42. The Labute approximate surface area is 127 Å². The van der Waals surface area contributed by atoms with Crippen LogP contribution in [0, 0.1) is 5.92 Å². The van der Waals surface area contributed by atoms with Crippen LogP contribution >= 0.6 is 0 Å². The summed E-state index contributed by atoms with van der Waals surface area (Å²) in [5.74, 6) is -0.367. The van der Waals surface area contributed by atoms with E-state index in [1.165, 1.54) is 23.3 Å². The summed E-state index contributed by atoms with van der Waals surface area (Å²) in [6, 6.07) is 16.3. The Hall–Kier alpha value is -2.74. The molecule has 2 nitrogen and oxygen atoms in total. The Morgan fingerprint density at radius 3 is 1.91 bits per heavy atom. The molecule has 0 radical (unpaired) electrons. The van der Waals surface area contributed by atoms with E-state index in [-0.39, 0.29) is 23.4 Å². The lowest BCUT2D eigenvalue weighted by Crippen LogP contribution is -2.38. The molecule has 0 aliphatic heterocycles. The van der Waals surface area contributed by atoms with Crippen molar-refractivity contribution in [1.29, 1.82) is 0 Å². The van der Waals surface area contributed by atoms with Crippen molar-refractivity contribution in [2.45, 2.75) is 5.92 Å². The fourth-order valence-corrected chi connectivity index (χ4v) is 4.21. The predicted octanol–water partition coefficient (Wildman–Crippen LogP) is 3.27. The highest BCUT2D eigenvalue weighted by atomic mass is 16.1. The van der Waals surface area contributed by atoms with Crippen LogP contribution in [0.3, 0.4) is 0 Å². The molecule has 6 rings (SSSR count). The summed E-state index contributed by atoms with van der Waals surface area (Å²) in [7, 11) is 0. The van der Waals surface area contributed by atoms with E-state index in [4.69, 9.17) is 0 Å². The van der Waals surface area contributed by atoms with Crippen molar-refractivity contribution in [3.63, 3.8) is 0 Å². The largest absolute Gasteiger partial charge is 0.294 e. The van der Waals surface area contributed by atoms with Crippen molar-refractivity contribution >= 4 is 17.1 Å². The lowest BCUT2D eigenvalue weighted by atomic mass is 9.58. The fourth-order valence-electron chi connectivity index (χ4n) is 4.21. The third kappa shape index (κ3) is 1.26. The third-order valence-electron chi connectivity index (χ3n) is 5.02. The molecular weight excluding hydrogens is 272 g/mol. The number of carbonyl (C=O) groups is 2. The molecule has 2 heteroatoms. The van der Waals surface area contributed by atoms with Gasteiger partial charge in [0, 0.05) is 11.5 Å². The molecule has 1 atom stereocenters. The highest BCUT2D eigenvalue weighted by Crippen LogP contribution is 2.56. The first kappa shape index (κ1) is 11.9. The van der Waals surface area contributed by atoms with Crippen LogP contribution in [0.4, 0.5) is 0 Å². The third-order valence-corrected chi connectivity index (χ3v) is 5.02. The SMILES string of the molecule is O=C1C=CC(=O)C2C1=C1c3ccccc3C2c2ccccc21. The second kappa shape index (κ2) is 3.92. The number of hydrogen-bond acceptors (Lipinski definition) is 2. The maximum absolute atomic E-state index is 12.5. The summed E-state index contributed by atoms with van der Waals surface area (Å²) in [5.41, 5.74) is 6.20. The number of ketones is 2. The Morgan fingerprint density at radius 1 is 0.682 bits per heavy atom. The molecule has 0 aromatic heterocycles. The van der Waals surface area contributed by atoms with Crippen molar-refractivity contribution in [2.24, 2.45) is 5.92 Å². The molecule has 22 heavy (non-hydrogen) atoms. The summed E-state index contributed by atoms with van der Waals surface area (Å²) < 4.78 is 0. The molecule has 4 aliphatic carbocycles. The second-order valence-electron chi connectivity index (χ2n) is 6.02. The van der Waals surface area contributed by atoms with Crippen molar-refractivity contribution in [1.82, 2.24) is 0 Å². The molecule has 2 aromatic carbocycles. The molecule has 0 N–H and O–H groups in total. The second-order valence-corrected chi connectivity index (χ2v) is 6.02. The molecule has 0 saturated heterocycles. The average molecular weight is 284 g/mol. The van der Waals surface area contributed by atoms with Crippen LogP contribution in [-0.2, 0) is 9.59 Å². The van der Waals surface area contributed by atoms with E-state index in [1.807, 2.05) is 24.3 Å². The minimum absolute atomic E-state index is 0.0198. The van der Waals surface area contributed by atoms with Gasteiger partial charge in [0.25, 0.3) is 0 Å². The van der Waals surface area contributed by atoms with E-state index in [2.05, 4.69) is 24.3 Å². The van der Waals surface area contributed by atoms with E-state index in [0.29, 0.717) is 5.57 Å². The minimum atomic E-state index is -0.350. The van der Waals surface area contributed by atoms with Gasteiger partial charge < -0.3 is 0 Å². The normalized spacial score (nSPS) is 24.2. The molecule has 1 unspecified atom stereocenters. The van der Waals surface area contributed by atoms with E-state index in [1.54, 1.807) is 0 Å². The molecule has 0 heterocycles. The van der Waals surface area contributed by atoms with E-state index in [9.17, 15) is 9.59 Å². The quantitative estimate of drug-likeness (QED) is 0.744. The maximum atomic E-state index is 12.5. The van der Waals surface area contributed by atoms with Gasteiger partial charge in [0.1, 0.15) is 0 Å². The number of hydrogen-bond donors (Lipinski definition) is 0. The Kier molecular flexibility index (Phi) is 2.11. The van der Waals surface area contributed by atoms with Gasteiger partial charge in [-0.1, -0.05) is 48.5 Å². The predicted molar refractivity (Wildman–Crippen MR) is 83.4 cm³/mol. The summed E-state index contributed by atoms with van der Waals surface area (Å²) in [6.45, 7) is 0. The fraction of sp³-hybridized carbons (Fsp3) is 0.100. The standard InChI is InChI=1S/C20H12O2/c21-15-9-10-16(22)20-18-12-6-2-1-5-11(12)17(19(15)20)13-7-3-4-8-14(13)18/h1-10,17,19H. The van der Waals surface area contributed by atoms with Gasteiger partial charge in [0.2, 0.25) is 0 Å². The Bertz CT molecular complexity index is 881. The topological polar surface area (TPSA) is 34.1 Å². The number of benzene rings is 2. The van der Waals surface area contributed by atoms with E-state index < -0.39 is 0 Å². The summed E-state index contributed by atoms with van der Waals surface area (Å²) in [5, 5.41) is 0. The van der Waals surface area contributed by atoms with Gasteiger partial charge in [-0.25, -0.2) is 0 Å². The van der Waals surface area contributed by atoms with Crippen LogP contribution < -0.4 is 0 Å². The van der Waals surface area contributed by atoms with Crippen LogP contribution in [0.1, 0.15) is 28.2 Å². The summed E-state index contributed by atoms with van der Waals surface area (Å²) >= 11 is 0. The van der Waals surface area contributed by atoms with E-state index in [0.717, 1.165) is 16.7 Å². The van der Waals surface area contributed by atoms with Crippen molar-refractivity contribution in [3.05, 3.63) is 88.5 Å². The molecule has 104 valence electrons. The molecule has 0 fully saturated rings. The minimum Gasteiger partial charge on any atom is -0.294 e. The molecule has 2 aromatic rings. The highest BCUT2D eigenvalue weighted by Gasteiger charge is 2.48. The molecule has 0 saturated carbocycles. The zero-order chi connectivity index (χ0) is 14.8. The molecule has 4 aliphatic rings. The van der Waals surface area contributed by atoms with Crippen molar-refractivity contribution in [3.8, 4) is 0 Å². The highest BCUT2D eigenvalue weighted by molar-refractivity contribution is 6.23. The Balaban J connectivity index is 1.97. The van der Waals surface area contributed by atoms with Gasteiger partial charge >= 0.3 is 0 Å². The summed E-state index contributed by atoms with van der Waals surface area (Å²) in [4.78, 5) is 25.0. The maximum Gasteiger partial charge on any atom is 0.183 e. The number of carbonyl (C=O) groups excluding carboxylic acids is 2. The molecule has 2 bridgehead atoms. The lowest BCUT2D eigenvalue weighted by molar-refractivity contribution is -0.121. The zero-order valence-corrected chi connectivity index (χ0v) is 11.7. The van der Waals surface area contributed by atoms with Gasteiger partial charge in [0.05, 0.1) is 5.92 Å². The molecular formula is C20H12O2. The van der Waals surface area contributed by atoms with E-state index >= 15 is 0 Å². The molecule has 0 amide bonds.